The quantitative estimate of drug-likeness (QED) is 0.881. The maximum atomic E-state index is 12.8. The van der Waals surface area contributed by atoms with Crippen molar-refractivity contribution in [2.45, 2.75) is 44.2 Å². The molecule has 1 aromatic rings. The molecule has 2 unspecified atom stereocenters. The largest absolute Gasteiger partial charge is 0.394 e. The lowest BCUT2D eigenvalue weighted by Crippen LogP contribution is -2.54. The SMILES string of the molecule is CC(N)(C(=O)N1CCCCCC1CO)c1ccccc1. The van der Waals surface area contributed by atoms with Gasteiger partial charge in [0.25, 0.3) is 0 Å². The first-order valence-corrected chi connectivity index (χ1v) is 7.33. The van der Waals surface area contributed by atoms with Crippen molar-refractivity contribution < 1.29 is 9.90 Å². The number of carbonyl (C=O) groups is 1. The van der Waals surface area contributed by atoms with Crippen molar-refractivity contribution in [3.05, 3.63) is 35.9 Å². The van der Waals surface area contributed by atoms with Crippen LogP contribution in [0.3, 0.4) is 0 Å². The van der Waals surface area contributed by atoms with Crippen molar-refractivity contribution in [1.29, 1.82) is 0 Å². The second-order valence-electron chi connectivity index (χ2n) is 5.75. The lowest BCUT2D eigenvalue weighted by atomic mass is 9.91. The van der Waals surface area contributed by atoms with E-state index in [1.165, 1.54) is 0 Å². The first-order chi connectivity index (χ1) is 9.57. The van der Waals surface area contributed by atoms with Gasteiger partial charge in [-0.3, -0.25) is 4.79 Å². The summed E-state index contributed by atoms with van der Waals surface area (Å²) in [7, 11) is 0. The second-order valence-corrected chi connectivity index (χ2v) is 5.75. The summed E-state index contributed by atoms with van der Waals surface area (Å²) in [5, 5.41) is 9.54. The van der Waals surface area contributed by atoms with Crippen LogP contribution in [0.4, 0.5) is 0 Å². The molecule has 1 saturated heterocycles. The molecule has 0 spiro atoms. The summed E-state index contributed by atoms with van der Waals surface area (Å²) in [6.07, 6.45) is 3.99. The van der Waals surface area contributed by atoms with E-state index in [1.54, 1.807) is 11.8 Å². The maximum absolute atomic E-state index is 12.8. The number of nitrogens with zero attached hydrogens (tertiary/aromatic N) is 1. The van der Waals surface area contributed by atoms with Gasteiger partial charge in [-0.05, 0) is 25.3 Å². The van der Waals surface area contributed by atoms with Gasteiger partial charge in [0.1, 0.15) is 5.54 Å². The highest BCUT2D eigenvalue weighted by Gasteiger charge is 2.37. The van der Waals surface area contributed by atoms with Gasteiger partial charge in [-0.1, -0.05) is 43.2 Å². The van der Waals surface area contributed by atoms with E-state index in [9.17, 15) is 9.90 Å². The number of nitrogens with two attached hydrogens (primary N) is 1. The van der Waals surface area contributed by atoms with E-state index in [1.807, 2.05) is 30.3 Å². The zero-order valence-electron chi connectivity index (χ0n) is 12.1. The van der Waals surface area contributed by atoms with Crippen molar-refractivity contribution in [1.82, 2.24) is 4.90 Å². The summed E-state index contributed by atoms with van der Waals surface area (Å²) < 4.78 is 0. The number of aliphatic hydroxyl groups is 1. The third-order valence-electron chi connectivity index (χ3n) is 4.17. The van der Waals surface area contributed by atoms with Gasteiger partial charge in [-0.2, -0.15) is 0 Å². The molecule has 2 atom stereocenters. The maximum Gasteiger partial charge on any atom is 0.247 e. The molecule has 0 bridgehead atoms. The molecule has 110 valence electrons. The van der Waals surface area contributed by atoms with Crippen LogP contribution in [-0.4, -0.2) is 35.1 Å². The summed E-state index contributed by atoms with van der Waals surface area (Å²) >= 11 is 0. The molecular weight excluding hydrogens is 252 g/mol. The third-order valence-corrected chi connectivity index (χ3v) is 4.17. The lowest BCUT2D eigenvalue weighted by molar-refractivity contribution is -0.140. The normalized spacial score (nSPS) is 22.9. The standard InChI is InChI=1S/C16H24N2O2/c1-16(17,13-8-4-2-5-9-13)15(20)18-11-7-3-6-10-14(18)12-19/h2,4-5,8-9,14,19H,3,6-7,10-12,17H2,1H3. The molecule has 0 aliphatic carbocycles. The average Bonchev–Trinajstić information content (AvgIpc) is 2.72. The fourth-order valence-electron chi connectivity index (χ4n) is 2.84. The highest BCUT2D eigenvalue weighted by atomic mass is 16.3. The predicted molar refractivity (Wildman–Crippen MR) is 79.0 cm³/mol. The minimum atomic E-state index is -1.04. The topological polar surface area (TPSA) is 66.6 Å². The van der Waals surface area contributed by atoms with Crippen molar-refractivity contribution in [2.75, 3.05) is 13.2 Å². The van der Waals surface area contributed by atoms with E-state index in [4.69, 9.17) is 5.73 Å². The first kappa shape index (κ1) is 15.0. The van der Waals surface area contributed by atoms with Gasteiger partial charge in [0.15, 0.2) is 0 Å². The number of aliphatic hydroxyl groups excluding tert-OH is 1. The molecule has 1 heterocycles. The van der Waals surface area contributed by atoms with Crippen molar-refractivity contribution in [3.63, 3.8) is 0 Å². The van der Waals surface area contributed by atoms with Gasteiger partial charge in [-0.25, -0.2) is 0 Å². The van der Waals surface area contributed by atoms with Crippen molar-refractivity contribution in [3.8, 4) is 0 Å². The Morgan fingerprint density at radius 1 is 1.35 bits per heavy atom. The molecule has 1 aliphatic heterocycles. The number of likely N-dealkylation sites (tertiary alicyclic amines) is 1. The number of hydrogen-bond donors (Lipinski definition) is 2. The summed E-state index contributed by atoms with van der Waals surface area (Å²) in [6, 6.07) is 9.34. The van der Waals surface area contributed by atoms with Crippen LogP contribution >= 0.6 is 0 Å². The van der Waals surface area contributed by atoms with E-state index >= 15 is 0 Å². The minimum Gasteiger partial charge on any atom is -0.394 e. The van der Waals surface area contributed by atoms with E-state index in [-0.39, 0.29) is 18.6 Å². The van der Waals surface area contributed by atoms with Gasteiger partial charge in [0.2, 0.25) is 5.91 Å². The number of amides is 1. The summed E-state index contributed by atoms with van der Waals surface area (Å²) in [6.45, 7) is 2.45. The molecule has 3 N–H and O–H groups in total. The van der Waals surface area contributed by atoms with Crippen molar-refractivity contribution >= 4 is 5.91 Å². The van der Waals surface area contributed by atoms with E-state index in [0.29, 0.717) is 6.54 Å². The third kappa shape index (κ3) is 3.02. The smallest absolute Gasteiger partial charge is 0.247 e. The number of hydrogen-bond acceptors (Lipinski definition) is 3. The van der Waals surface area contributed by atoms with Gasteiger partial charge < -0.3 is 15.7 Å². The molecular formula is C16H24N2O2. The molecule has 0 aromatic heterocycles. The zero-order valence-corrected chi connectivity index (χ0v) is 12.1. The fourth-order valence-corrected chi connectivity index (χ4v) is 2.84. The van der Waals surface area contributed by atoms with E-state index in [0.717, 1.165) is 31.2 Å². The first-order valence-electron chi connectivity index (χ1n) is 7.33. The van der Waals surface area contributed by atoms with Gasteiger partial charge in [0.05, 0.1) is 12.6 Å². The molecule has 0 saturated carbocycles. The Labute approximate surface area is 120 Å². The van der Waals surface area contributed by atoms with Crippen molar-refractivity contribution in [2.24, 2.45) is 5.73 Å². The number of carbonyl (C=O) groups excluding carboxylic acids is 1. The summed E-state index contributed by atoms with van der Waals surface area (Å²) in [5.41, 5.74) is 6.08. The summed E-state index contributed by atoms with van der Waals surface area (Å²) in [4.78, 5) is 14.6. The van der Waals surface area contributed by atoms with Crippen LogP contribution in [0.25, 0.3) is 0 Å². The minimum absolute atomic E-state index is 0.0105. The van der Waals surface area contributed by atoms with Crippen LogP contribution in [0.2, 0.25) is 0 Å². The summed E-state index contributed by atoms with van der Waals surface area (Å²) in [5.74, 6) is -0.0929. The van der Waals surface area contributed by atoms with Crippen LogP contribution < -0.4 is 5.73 Å². The van der Waals surface area contributed by atoms with Gasteiger partial charge in [-0.15, -0.1) is 0 Å². The van der Waals surface area contributed by atoms with Crippen LogP contribution in [-0.2, 0) is 10.3 Å². The monoisotopic (exact) mass is 276 g/mol. The van der Waals surface area contributed by atoms with Crippen LogP contribution in [0.15, 0.2) is 30.3 Å². The molecule has 2 rings (SSSR count). The number of rotatable bonds is 3. The Bertz CT molecular complexity index is 445. The second kappa shape index (κ2) is 6.37. The highest BCUT2D eigenvalue weighted by Crippen LogP contribution is 2.25. The molecule has 20 heavy (non-hydrogen) atoms. The van der Waals surface area contributed by atoms with Crippen LogP contribution in [0.1, 0.15) is 38.2 Å². The Morgan fingerprint density at radius 3 is 2.70 bits per heavy atom. The average molecular weight is 276 g/mol. The fraction of sp³-hybridized carbons (Fsp3) is 0.562. The Hall–Kier alpha value is -1.39. The molecule has 1 amide bonds. The Kier molecular flexibility index (Phi) is 4.78. The lowest BCUT2D eigenvalue weighted by Gasteiger charge is -2.35. The molecule has 1 aliphatic rings. The Balaban J connectivity index is 2.24. The Morgan fingerprint density at radius 2 is 2.05 bits per heavy atom. The molecule has 4 nitrogen and oxygen atoms in total. The zero-order chi connectivity index (χ0) is 14.6. The van der Waals surface area contributed by atoms with Crippen LogP contribution in [0.5, 0.6) is 0 Å². The molecule has 4 heteroatoms. The van der Waals surface area contributed by atoms with E-state index in [2.05, 4.69) is 0 Å². The van der Waals surface area contributed by atoms with E-state index < -0.39 is 5.54 Å². The van der Waals surface area contributed by atoms with Gasteiger partial charge >= 0.3 is 0 Å². The predicted octanol–water partition coefficient (Wildman–Crippen LogP) is 1.62. The number of benzene rings is 1. The molecule has 1 fully saturated rings. The molecule has 1 aromatic carbocycles. The molecule has 0 radical (unpaired) electrons. The highest BCUT2D eigenvalue weighted by molar-refractivity contribution is 5.87. The van der Waals surface area contributed by atoms with Crippen LogP contribution in [0, 0.1) is 0 Å². The van der Waals surface area contributed by atoms with Gasteiger partial charge in [0, 0.05) is 6.54 Å².